The molecule has 1 heteroatoms. The Hall–Kier alpha value is -0.460. The van der Waals surface area contributed by atoms with Gasteiger partial charge in [0.05, 0.1) is 5.76 Å². The Balaban J connectivity index is 3.72. The third kappa shape index (κ3) is 2.26. The largest absolute Gasteiger partial charge is 0.513 e. The first-order valence-corrected chi connectivity index (χ1v) is 2.53. The van der Waals surface area contributed by atoms with Crippen molar-refractivity contribution in [3.8, 4) is 0 Å². The summed E-state index contributed by atoms with van der Waals surface area (Å²) in [4.78, 5) is 0. The van der Waals surface area contributed by atoms with E-state index >= 15 is 0 Å². The minimum Gasteiger partial charge on any atom is -0.513 e. The van der Waals surface area contributed by atoms with E-state index < -0.39 is 0 Å². The molecule has 7 heavy (non-hydrogen) atoms. The van der Waals surface area contributed by atoms with Crippen molar-refractivity contribution in [2.24, 2.45) is 0 Å². The molecular formula is C6H12O. The Labute approximate surface area is 44.7 Å². The predicted octanol–water partition coefficient (Wildman–Crippen LogP) is 2.25. The van der Waals surface area contributed by atoms with Crippen LogP contribution >= 0.6 is 0 Å². The fourth-order valence-electron chi connectivity index (χ4n) is 0.256. The van der Waals surface area contributed by atoms with Crippen molar-refractivity contribution in [1.29, 1.82) is 0 Å². The fourth-order valence-corrected chi connectivity index (χ4v) is 0.256. The van der Waals surface area contributed by atoms with E-state index in [0.29, 0.717) is 5.76 Å². The minimum absolute atomic E-state index is 0.461. The molecule has 0 aliphatic heterocycles. The van der Waals surface area contributed by atoms with E-state index in [2.05, 4.69) is 0 Å². The second kappa shape index (κ2) is 2.67. The summed E-state index contributed by atoms with van der Waals surface area (Å²) in [6.07, 6.45) is 0.947. The van der Waals surface area contributed by atoms with Crippen molar-refractivity contribution >= 4 is 0 Å². The molecule has 1 nitrogen and oxygen atoms in total. The smallest absolute Gasteiger partial charge is 0.0880 e. The van der Waals surface area contributed by atoms with Crippen molar-refractivity contribution in [1.82, 2.24) is 0 Å². The molecule has 0 unspecified atom stereocenters. The van der Waals surface area contributed by atoms with E-state index in [-0.39, 0.29) is 0 Å². The number of allylic oxidation sites excluding steroid dienone is 2. The van der Waals surface area contributed by atoms with Gasteiger partial charge in [-0.15, -0.1) is 0 Å². The Bertz CT molecular complexity index is 78.2. The molecule has 0 aromatic heterocycles. The van der Waals surface area contributed by atoms with E-state index in [1.54, 1.807) is 6.92 Å². The molecule has 0 radical (unpaired) electrons. The quantitative estimate of drug-likeness (QED) is 0.501. The summed E-state index contributed by atoms with van der Waals surface area (Å²) in [7, 11) is 0. The monoisotopic (exact) mass is 100 g/mol. The molecule has 0 atom stereocenters. The first-order valence-electron chi connectivity index (χ1n) is 2.53. The standard InChI is InChI=1S/C6H12O/c1-4-5(2)6(3)7/h7H,4H2,1-3H3. The molecule has 0 aromatic carbocycles. The molecule has 0 aromatic rings. The van der Waals surface area contributed by atoms with Crippen LogP contribution < -0.4 is 0 Å². The molecule has 42 valence electrons. The lowest BCUT2D eigenvalue weighted by Crippen LogP contribution is -1.77. The van der Waals surface area contributed by atoms with Gasteiger partial charge >= 0.3 is 0 Å². The van der Waals surface area contributed by atoms with Gasteiger partial charge in [-0.1, -0.05) is 6.92 Å². The first kappa shape index (κ1) is 6.54. The number of hydrogen-bond donors (Lipinski definition) is 1. The summed E-state index contributed by atoms with van der Waals surface area (Å²) in [5, 5.41) is 8.70. The molecule has 0 fully saturated rings. The summed E-state index contributed by atoms with van der Waals surface area (Å²) in [6.45, 7) is 5.66. The average molecular weight is 100 g/mol. The fraction of sp³-hybridized carbons (Fsp3) is 0.667. The zero-order chi connectivity index (χ0) is 5.86. The van der Waals surface area contributed by atoms with Crippen LogP contribution in [0.3, 0.4) is 0 Å². The highest BCUT2D eigenvalue weighted by Gasteiger charge is 1.85. The zero-order valence-corrected chi connectivity index (χ0v) is 5.15. The normalized spacial score (nSPS) is 13.6. The van der Waals surface area contributed by atoms with Crippen LogP contribution in [0, 0.1) is 0 Å². The lowest BCUT2D eigenvalue weighted by atomic mass is 10.2. The minimum atomic E-state index is 0.461. The van der Waals surface area contributed by atoms with Crippen LogP contribution in [0.15, 0.2) is 11.3 Å². The first-order chi connectivity index (χ1) is 3.18. The van der Waals surface area contributed by atoms with Crippen LogP contribution in [-0.2, 0) is 0 Å². The third-order valence-corrected chi connectivity index (χ3v) is 1.15. The summed E-state index contributed by atoms with van der Waals surface area (Å²) < 4.78 is 0. The second-order valence-electron chi connectivity index (χ2n) is 1.72. The van der Waals surface area contributed by atoms with Crippen molar-refractivity contribution in [2.75, 3.05) is 0 Å². The van der Waals surface area contributed by atoms with Crippen molar-refractivity contribution < 1.29 is 5.11 Å². The molecule has 0 saturated heterocycles. The number of rotatable bonds is 1. The highest BCUT2D eigenvalue weighted by molar-refractivity contribution is 4.99. The van der Waals surface area contributed by atoms with Gasteiger partial charge in [0, 0.05) is 0 Å². The lowest BCUT2D eigenvalue weighted by molar-refractivity contribution is 0.405. The van der Waals surface area contributed by atoms with Gasteiger partial charge in [0.1, 0.15) is 0 Å². The average Bonchev–Trinajstić information content (AvgIpc) is 1.65. The second-order valence-corrected chi connectivity index (χ2v) is 1.72. The molecule has 0 amide bonds. The zero-order valence-electron chi connectivity index (χ0n) is 5.15. The van der Waals surface area contributed by atoms with E-state index in [0.717, 1.165) is 12.0 Å². The maximum absolute atomic E-state index is 8.70. The topological polar surface area (TPSA) is 20.2 Å². The van der Waals surface area contributed by atoms with Crippen LogP contribution in [0.25, 0.3) is 0 Å². The van der Waals surface area contributed by atoms with Crippen LogP contribution in [-0.4, -0.2) is 5.11 Å². The Morgan fingerprint density at radius 3 is 1.86 bits per heavy atom. The maximum Gasteiger partial charge on any atom is 0.0880 e. The van der Waals surface area contributed by atoms with E-state index in [4.69, 9.17) is 5.11 Å². The molecule has 0 heterocycles. The van der Waals surface area contributed by atoms with Gasteiger partial charge in [0.2, 0.25) is 0 Å². The third-order valence-electron chi connectivity index (χ3n) is 1.15. The molecule has 0 spiro atoms. The molecular weight excluding hydrogens is 88.1 g/mol. The van der Waals surface area contributed by atoms with Gasteiger partial charge in [-0.25, -0.2) is 0 Å². The molecule has 0 saturated carbocycles. The predicted molar refractivity (Wildman–Crippen MR) is 31.3 cm³/mol. The van der Waals surface area contributed by atoms with Gasteiger partial charge < -0.3 is 5.11 Å². The van der Waals surface area contributed by atoms with Gasteiger partial charge in [-0.2, -0.15) is 0 Å². The van der Waals surface area contributed by atoms with Crippen LogP contribution in [0.1, 0.15) is 27.2 Å². The van der Waals surface area contributed by atoms with Gasteiger partial charge in [-0.05, 0) is 25.8 Å². The van der Waals surface area contributed by atoms with Crippen LogP contribution in [0.5, 0.6) is 0 Å². The van der Waals surface area contributed by atoms with E-state index in [1.165, 1.54) is 0 Å². The SMILES string of the molecule is CCC(C)=C(C)O. The van der Waals surface area contributed by atoms with Gasteiger partial charge in [0.25, 0.3) is 0 Å². The highest BCUT2D eigenvalue weighted by atomic mass is 16.3. The Morgan fingerprint density at radius 2 is 1.86 bits per heavy atom. The van der Waals surface area contributed by atoms with Crippen LogP contribution in [0.4, 0.5) is 0 Å². The number of aliphatic hydroxyl groups excluding tert-OH is 1. The Morgan fingerprint density at radius 1 is 1.43 bits per heavy atom. The maximum atomic E-state index is 8.70. The lowest BCUT2D eigenvalue weighted by Gasteiger charge is -1.93. The van der Waals surface area contributed by atoms with Crippen molar-refractivity contribution in [2.45, 2.75) is 27.2 Å². The van der Waals surface area contributed by atoms with Crippen molar-refractivity contribution in [3.63, 3.8) is 0 Å². The van der Waals surface area contributed by atoms with E-state index in [9.17, 15) is 0 Å². The molecule has 0 bridgehead atoms. The van der Waals surface area contributed by atoms with E-state index in [1.807, 2.05) is 13.8 Å². The molecule has 0 aliphatic rings. The molecule has 1 N–H and O–H groups in total. The summed E-state index contributed by atoms with van der Waals surface area (Å²) in [6, 6.07) is 0. The Kier molecular flexibility index (Phi) is 2.49. The summed E-state index contributed by atoms with van der Waals surface area (Å²) in [5.74, 6) is 0.461. The number of hydrogen-bond acceptors (Lipinski definition) is 1. The summed E-state index contributed by atoms with van der Waals surface area (Å²) >= 11 is 0. The van der Waals surface area contributed by atoms with Gasteiger partial charge in [-0.3, -0.25) is 0 Å². The molecule has 0 aliphatic carbocycles. The van der Waals surface area contributed by atoms with Gasteiger partial charge in [0.15, 0.2) is 0 Å². The molecule has 0 rings (SSSR count). The summed E-state index contributed by atoms with van der Waals surface area (Å²) in [5.41, 5.74) is 1.07. The van der Waals surface area contributed by atoms with Crippen LogP contribution in [0.2, 0.25) is 0 Å². The number of aliphatic hydroxyl groups is 1. The highest BCUT2D eigenvalue weighted by Crippen LogP contribution is 2.01. The van der Waals surface area contributed by atoms with Crippen molar-refractivity contribution in [3.05, 3.63) is 11.3 Å².